The molecule has 0 aromatic heterocycles. The fourth-order valence-corrected chi connectivity index (χ4v) is 3.79. The lowest BCUT2D eigenvalue weighted by Gasteiger charge is -2.25. The normalized spacial score (nSPS) is 16.2. The monoisotopic (exact) mass is 430 g/mol. The highest BCUT2D eigenvalue weighted by Crippen LogP contribution is 2.41. The predicted molar refractivity (Wildman–Crippen MR) is 117 cm³/mol. The van der Waals surface area contributed by atoms with Gasteiger partial charge >= 0.3 is 0 Å². The van der Waals surface area contributed by atoms with E-state index < -0.39 is 0 Å². The molecule has 1 atom stereocenters. The summed E-state index contributed by atoms with van der Waals surface area (Å²) in [6, 6.07) is 21.1. The van der Waals surface area contributed by atoms with E-state index in [0.29, 0.717) is 15.1 Å². The number of anilines is 1. The van der Waals surface area contributed by atoms with Crippen LogP contribution >= 0.6 is 34.8 Å². The average Bonchev–Trinajstić information content (AvgIpc) is 3.15. The van der Waals surface area contributed by atoms with E-state index in [-0.39, 0.29) is 6.04 Å². The third-order valence-electron chi connectivity index (χ3n) is 4.74. The fraction of sp³-hybridized carbons (Fsp3) is 0.136. The second kappa shape index (κ2) is 8.04. The molecule has 0 saturated carbocycles. The fourth-order valence-electron chi connectivity index (χ4n) is 3.30. The minimum atomic E-state index is -0.00895. The van der Waals surface area contributed by atoms with Crippen molar-refractivity contribution in [2.24, 2.45) is 5.10 Å². The Kier molecular flexibility index (Phi) is 5.49. The number of hydrazone groups is 1. The van der Waals surface area contributed by atoms with Gasteiger partial charge in [-0.2, -0.15) is 5.10 Å². The van der Waals surface area contributed by atoms with Gasteiger partial charge in [-0.15, -0.1) is 0 Å². The second-order valence-electron chi connectivity index (χ2n) is 6.49. The van der Waals surface area contributed by atoms with Crippen molar-refractivity contribution in [3.63, 3.8) is 0 Å². The maximum atomic E-state index is 6.48. The third-order valence-corrected chi connectivity index (χ3v) is 5.55. The van der Waals surface area contributed by atoms with Gasteiger partial charge in [0, 0.05) is 16.5 Å². The van der Waals surface area contributed by atoms with Gasteiger partial charge in [-0.3, -0.25) is 5.01 Å². The molecule has 0 bridgehead atoms. The quantitative estimate of drug-likeness (QED) is 0.444. The molecule has 0 amide bonds. The smallest absolute Gasteiger partial charge is 0.118 e. The molecule has 4 rings (SSSR count). The van der Waals surface area contributed by atoms with E-state index in [1.54, 1.807) is 19.2 Å². The van der Waals surface area contributed by atoms with Gasteiger partial charge < -0.3 is 4.74 Å². The molecule has 0 aliphatic carbocycles. The third kappa shape index (κ3) is 3.83. The first-order valence-corrected chi connectivity index (χ1v) is 9.90. The lowest BCUT2D eigenvalue weighted by molar-refractivity contribution is 0.415. The lowest BCUT2D eigenvalue weighted by atomic mass is 9.98. The van der Waals surface area contributed by atoms with E-state index in [0.717, 1.165) is 34.7 Å². The zero-order valence-corrected chi connectivity index (χ0v) is 17.3. The molecule has 142 valence electrons. The van der Waals surface area contributed by atoms with Gasteiger partial charge in [0.15, 0.2) is 0 Å². The average molecular weight is 432 g/mol. The Labute approximate surface area is 179 Å². The molecule has 1 heterocycles. The van der Waals surface area contributed by atoms with Gasteiger partial charge in [-0.1, -0.05) is 46.9 Å². The van der Waals surface area contributed by atoms with Crippen LogP contribution in [0.2, 0.25) is 15.1 Å². The van der Waals surface area contributed by atoms with Crippen LogP contribution in [0.3, 0.4) is 0 Å². The van der Waals surface area contributed by atoms with Crippen LogP contribution in [0.5, 0.6) is 5.75 Å². The summed E-state index contributed by atoms with van der Waals surface area (Å²) in [5.41, 5.74) is 3.89. The molecule has 28 heavy (non-hydrogen) atoms. The SMILES string of the molecule is COc1ccc(C2=NN(c3cc(Cl)ccc3Cl)[C@H](c3ccc(Cl)cc3)C2)cc1. The topological polar surface area (TPSA) is 24.8 Å². The molecule has 0 unspecified atom stereocenters. The zero-order valence-electron chi connectivity index (χ0n) is 15.1. The maximum absolute atomic E-state index is 6.48. The van der Waals surface area contributed by atoms with Gasteiger partial charge in [0.25, 0.3) is 0 Å². The first-order valence-electron chi connectivity index (χ1n) is 8.77. The number of hydrogen-bond donors (Lipinski definition) is 0. The molecule has 0 spiro atoms. The summed E-state index contributed by atoms with van der Waals surface area (Å²) < 4.78 is 5.26. The Morgan fingerprint density at radius 2 is 1.57 bits per heavy atom. The summed E-state index contributed by atoms with van der Waals surface area (Å²) in [4.78, 5) is 0. The van der Waals surface area contributed by atoms with E-state index in [1.807, 2.05) is 59.6 Å². The largest absolute Gasteiger partial charge is 0.497 e. The molecule has 1 aliphatic rings. The molecule has 0 N–H and O–H groups in total. The van der Waals surface area contributed by atoms with Crippen LogP contribution in [-0.4, -0.2) is 12.8 Å². The van der Waals surface area contributed by atoms with Crippen molar-refractivity contribution < 1.29 is 4.74 Å². The molecule has 3 aromatic rings. The molecule has 0 saturated heterocycles. The summed E-state index contributed by atoms with van der Waals surface area (Å²) in [5.74, 6) is 0.811. The summed E-state index contributed by atoms with van der Waals surface area (Å²) in [5, 5.41) is 8.75. The Hall–Kier alpha value is -2.20. The predicted octanol–water partition coefficient (Wildman–Crippen LogP) is 7.01. The van der Waals surface area contributed by atoms with E-state index in [4.69, 9.17) is 44.6 Å². The second-order valence-corrected chi connectivity index (χ2v) is 7.77. The van der Waals surface area contributed by atoms with Crippen LogP contribution in [0.25, 0.3) is 0 Å². The van der Waals surface area contributed by atoms with Crippen LogP contribution in [0, 0.1) is 0 Å². The molecule has 0 radical (unpaired) electrons. The van der Waals surface area contributed by atoms with E-state index in [9.17, 15) is 0 Å². The zero-order chi connectivity index (χ0) is 19.7. The first-order chi connectivity index (χ1) is 13.5. The highest BCUT2D eigenvalue weighted by molar-refractivity contribution is 6.35. The summed E-state index contributed by atoms with van der Waals surface area (Å²) in [6.45, 7) is 0. The van der Waals surface area contributed by atoms with Crippen LogP contribution in [0.1, 0.15) is 23.6 Å². The lowest BCUT2D eigenvalue weighted by Crippen LogP contribution is -2.18. The molecular formula is C22H17Cl3N2O. The van der Waals surface area contributed by atoms with Crippen molar-refractivity contribution in [3.8, 4) is 5.75 Å². The number of nitrogens with zero attached hydrogens (tertiary/aromatic N) is 2. The minimum absolute atomic E-state index is 0.00895. The highest BCUT2D eigenvalue weighted by Gasteiger charge is 2.31. The van der Waals surface area contributed by atoms with Crippen molar-refractivity contribution in [2.75, 3.05) is 12.1 Å². The summed E-state index contributed by atoms with van der Waals surface area (Å²) >= 11 is 18.8. The summed E-state index contributed by atoms with van der Waals surface area (Å²) in [7, 11) is 1.65. The number of halogens is 3. The number of rotatable bonds is 4. The molecule has 1 aliphatic heterocycles. The van der Waals surface area contributed by atoms with Crippen LogP contribution in [0.15, 0.2) is 71.8 Å². The van der Waals surface area contributed by atoms with Crippen LogP contribution in [-0.2, 0) is 0 Å². The molecule has 3 aromatic carbocycles. The van der Waals surface area contributed by atoms with E-state index >= 15 is 0 Å². The van der Waals surface area contributed by atoms with Gasteiger partial charge in [-0.25, -0.2) is 0 Å². The van der Waals surface area contributed by atoms with Gasteiger partial charge in [0.05, 0.1) is 29.6 Å². The van der Waals surface area contributed by atoms with Gasteiger partial charge in [0.2, 0.25) is 0 Å². The van der Waals surface area contributed by atoms with Gasteiger partial charge in [-0.05, 0) is 65.7 Å². The van der Waals surface area contributed by atoms with Crippen molar-refractivity contribution in [2.45, 2.75) is 12.5 Å². The Bertz CT molecular complexity index is 1020. The minimum Gasteiger partial charge on any atom is -0.497 e. The van der Waals surface area contributed by atoms with Gasteiger partial charge in [0.1, 0.15) is 5.75 Å². The first kappa shape index (κ1) is 19.1. The van der Waals surface area contributed by atoms with Crippen molar-refractivity contribution >= 4 is 46.2 Å². The molecular weight excluding hydrogens is 415 g/mol. The number of methoxy groups -OCH3 is 1. The standard InChI is InChI=1S/C22H17Cl3N2O/c1-28-18-9-4-14(5-10-18)20-13-21(15-2-6-16(23)7-3-15)27(26-20)22-12-17(24)8-11-19(22)25/h2-12,21H,13H2,1H3/t21-/m0/s1. The molecule has 6 heteroatoms. The van der Waals surface area contributed by atoms with Crippen molar-refractivity contribution in [1.82, 2.24) is 0 Å². The van der Waals surface area contributed by atoms with E-state index in [1.165, 1.54) is 0 Å². The summed E-state index contributed by atoms with van der Waals surface area (Å²) in [6.07, 6.45) is 0.733. The van der Waals surface area contributed by atoms with Crippen LogP contribution in [0.4, 0.5) is 5.69 Å². The number of benzene rings is 3. The van der Waals surface area contributed by atoms with Crippen LogP contribution < -0.4 is 9.75 Å². The van der Waals surface area contributed by atoms with E-state index in [2.05, 4.69) is 0 Å². The molecule has 3 nitrogen and oxygen atoms in total. The van der Waals surface area contributed by atoms with Crippen molar-refractivity contribution in [3.05, 3.63) is 92.9 Å². The Morgan fingerprint density at radius 1 is 0.893 bits per heavy atom. The maximum Gasteiger partial charge on any atom is 0.118 e. The highest BCUT2D eigenvalue weighted by atomic mass is 35.5. The van der Waals surface area contributed by atoms with Crippen molar-refractivity contribution in [1.29, 1.82) is 0 Å². The molecule has 0 fully saturated rings. The Balaban J connectivity index is 1.77. The Morgan fingerprint density at radius 3 is 2.25 bits per heavy atom. The number of hydrogen-bond acceptors (Lipinski definition) is 3. The number of ether oxygens (including phenoxy) is 1.